The molecule has 0 fully saturated rings. The topological polar surface area (TPSA) is 79.5 Å². The van der Waals surface area contributed by atoms with Crippen LogP contribution < -0.4 is 10.7 Å². The number of fused-ring (bicyclic) bond motifs is 2. The second-order valence-corrected chi connectivity index (χ2v) is 5.17. The van der Waals surface area contributed by atoms with E-state index in [1.54, 1.807) is 36.4 Å². The molecular weight excluding hydrogens is 282 g/mol. The summed E-state index contributed by atoms with van der Waals surface area (Å²) >= 11 is 0. The molecule has 1 aromatic heterocycles. The van der Waals surface area contributed by atoms with Crippen LogP contribution in [0.4, 0.5) is 0 Å². The van der Waals surface area contributed by atoms with Gasteiger partial charge >= 0.3 is 0 Å². The van der Waals surface area contributed by atoms with Gasteiger partial charge in [-0.2, -0.15) is 0 Å². The summed E-state index contributed by atoms with van der Waals surface area (Å²) in [6, 6.07) is 12.7. The fourth-order valence-corrected chi connectivity index (χ4v) is 2.81. The summed E-state index contributed by atoms with van der Waals surface area (Å²) in [6.07, 6.45) is 0. The highest BCUT2D eigenvalue weighted by Gasteiger charge is 2.35. The summed E-state index contributed by atoms with van der Waals surface area (Å²) in [4.78, 5) is 24.8. The lowest BCUT2D eigenvalue weighted by molar-refractivity contribution is 0.0938. The van der Waals surface area contributed by atoms with Gasteiger partial charge in [0, 0.05) is 0 Å². The highest BCUT2D eigenvalue weighted by molar-refractivity contribution is 5.98. The summed E-state index contributed by atoms with van der Waals surface area (Å²) in [7, 11) is 0. The minimum Gasteiger partial charge on any atom is -0.508 e. The number of rotatable bonds is 1. The molecule has 2 N–H and O–H groups in total. The number of phenols is 1. The first kappa shape index (κ1) is 12.6. The Morgan fingerprint density at radius 1 is 1.05 bits per heavy atom. The van der Waals surface area contributed by atoms with E-state index in [9.17, 15) is 14.7 Å². The zero-order valence-corrected chi connectivity index (χ0v) is 11.4. The maximum absolute atomic E-state index is 12.7. The number of phenolic OH excluding ortho intramolecular Hbond substituents is 1. The number of benzene rings is 2. The van der Waals surface area contributed by atoms with Crippen LogP contribution in [0.25, 0.3) is 11.0 Å². The van der Waals surface area contributed by atoms with Gasteiger partial charge in [0.25, 0.3) is 5.91 Å². The maximum atomic E-state index is 12.7. The number of nitrogens with one attached hydrogen (secondary N) is 1. The third kappa shape index (κ3) is 1.72. The number of carbonyl (C=O) groups is 1. The van der Waals surface area contributed by atoms with Crippen LogP contribution in [0.3, 0.4) is 0 Å². The predicted molar refractivity (Wildman–Crippen MR) is 79.9 cm³/mol. The van der Waals surface area contributed by atoms with E-state index in [1.165, 1.54) is 12.1 Å². The van der Waals surface area contributed by atoms with Crippen LogP contribution >= 0.6 is 0 Å². The zero-order chi connectivity index (χ0) is 15.3. The summed E-state index contributed by atoms with van der Waals surface area (Å²) in [5.74, 6) is -0.311. The molecule has 1 aliphatic rings. The molecule has 4 rings (SSSR count). The Bertz CT molecular complexity index is 974. The molecule has 5 nitrogen and oxygen atoms in total. The molecule has 0 saturated heterocycles. The Kier molecular flexibility index (Phi) is 2.56. The molecule has 0 radical (unpaired) electrons. The number of carbonyl (C=O) groups excluding carboxylic acids is 1. The summed E-state index contributed by atoms with van der Waals surface area (Å²) in [5, 5.41) is 12.8. The molecule has 1 atom stereocenters. The van der Waals surface area contributed by atoms with Crippen molar-refractivity contribution < 1.29 is 14.3 Å². The van der Waals surface area contributed by atoms with Gasteiger partial charge in [-0.05, 0) is 29.8 Å². The molecule has 3 aromatic rings. The molecule has 22 heavy (non-hydrogen) atoms. The van der Waals surface area contributed by atoms with Gasteiger partial charge in [-0.3, -0.25) is 9.59 Å². The van der Waals surface area contributed by atoms with E-state index >= 15 is 0 Å². The Morgan fingerprint density at radius 3 is 2.68 bits per heavy atom. The summed E-state index contributed by atoms with van der Waals surface area (Å²) in [6.45, 7) is 0. The highest BCUT2D eigenvalue weighted by atomic mass is 16.3. The van der Waals surface area contributed by atoms with Crippen molar-refractivity contribution in [3.8, 4) is 5.75 Å². The van der Waals surface area contributed by atoms with Crippen molar-refractivity contribution in [3.05, 3.63) is 75.6 Å². The number of para-hydroxylation sites is 1. The largest absolute Gasteiger partial charge is 0.508 e. The molecule has 5 heteroatoms. The minimum absolute atomic E-state index is 0.0389. The van der Waals surface area contributed by atoms with Gasteiger partial charge in [0.15, 0.2) is 5.43 Å². The van der Waals surface area contributed by atoms with Gasteiger partial charge < -0.3 is 14.8 Å². The number of amides is 1. The van der Waals surface area contributed by atoms with E-state index in [2.05, 4.69) is 5.32 Å². The summed E-state index contributed by atoms with van der Waals surface area (Å²) < 4.78 is 5.60. The van der Waals surface area contributed by atoms with Crippen LogP contribution in [0.2, 0.25) is 0 Å². The minimum atomic E-state index is -0.615. The first-order valence-corrected chi connectivity index (χ1v) is 6.80. The number of hydrogen-bond donors (Lipinski definition) is 2. The molecule has 0 spiro atoms. The van der Waals surface area contributed by atoms with Gasteiger partial charge in [-0.15, -0.1) is 0 Å². The quantitative estimate of drug-likeness (QED) is 0.721. The van der Waals surface area contributed by atoms with E-state index in [1.807, 2.05) is 0 Å². The standard InChI is InChI=1S/C17H11NO4/c19-10-5-3-4-9(8-10)14-13-15(20)11-6-1-2-7-12(11)22-16(13)17(21)18-14/h1-8,14,19H,(H,18,21)/t14-/m1/s1. The lowest BCUT2D eigenvalue weighted by Gasteiger charge is -2.11. The molecule has 1 amide bonds. The molecule has 0 saturated carbocycles. The highest BCUT2D eigenvalue weighted by Crippen LogP contribution is 2.31. The average Bonchev–Trinajstić information content (AvgIpc) is 2.85. The predicted octanol–water partition coefficient (Wildman–Crippen LogP) is 2.33. The molecule has 108 valence electrons. The van der Waals surface area contributed by atoms with Crippen LogP contribution in [0, 0.1) is 0 Å². The molecular formula is C17H11NO4. The zero-order valence-electron chi connectivity index (χ0n) is 11.4. The molecule has 2 aromatic carbocycles. The van der Waals surface area contributed by atoms with E-state index < -0.39 is 11.9 Å². The molecule has 0 bridgehead atoms. The second-order valence-electron chi connectivity index (χ2n) is 5.17. The van der Waals surface area contributed by atoms with Crippen molar-refractivity contribution in [3.63, 3.8) is 0 Å². The smallest absolute Gasteiger partial charge is 0.288 e. The van der Waals surface area contributed by atoms with Gasteiger partial charge in [-0.1, -0.05) is 24.3 Å². The van der Waals surface area contributed by atoms with Crippen molar-refractivity contribution in [1.82, 2.24) is 5.32 Å². The van der Waals surface area contributed by atoms with Crippen molar-refractivity contribution in [1.29, 1.82) is 0 Å². The van der Waals surface area contributed by atoms with Crippen molar-refractivity contribution >= 4 is 16.9 Å². The maximum Gasteiger partial charge on any atom is 0.288 e. The fraction of sp³-hybridized carbons (Fsp3) is 0.0588. The van der Waals surface area contributed by atoms with Crippen LogP contribution in [-0.2, 0) is 0 Å². The molecule has 0 unspecified atom stereocenters. The molecule has 0 aliphatic carbocycles. The number of aromatic hydroxyl groups is 1. The number of hydrogen-bond acceptors (Lipinski definition) is 4. The SMILES string of the molecule is O=C1N[C@H](c2cccc(O)c2)c2c1oc1ccccc1c2=O. The Morgan fingerprint density at radius 2 is 1.86 bits per heavy atom. The van der Waals surface area contributed by atoms with E-state index in [0.29, 0.717) is 16.5 Å². The second kappa shape index (κ2) is 4.46. The molecule has 2 heterocycles. The van der Waals surface area contributed by atoms with Gasteiger partial charge in [-0.25, -0.2) is 0 Å². The third-order valence-electron chi connectivity index (χ3n) is 3.81. The Labute approximate surface area is 124 Å². The lowest BCUT2D eigenvalue weighted by Crippen LogP contribution is -2.21. The van der Waals surface area contributed by atoms with Gasteiger partial charge in [0.05, 0.1) is 17.0 Å². The van der Waals surface area contributed by atoms with Crippen molar-refractivity contribution in [2.24, 2.45) is 0 Å². The van der Waals surface area contributed by atoms with Crippen LogP contribution in [-0.4, -0.2) is 11.0 Å². The monoisotopic (exact) mass is 293 g/mol. The van der Waals surface area contributed by atoms with Crippen molar-refractivity contribution in [2.75, 3.05) is 0 Å². The van der Waals surface area contributed by atoms with E-state index in [0.717, 1.165) is 0 Å². The first-order valence-electron chi connectivity index (χ1n) is 6.80. The normalized spacial score (nSPS) is 16.5. The van der Waals surface area contributed by atoms with Crippen LogP contribution in [0.15, 0.2) is 57.7 Å². The fourth-order valence-electron chi connectivity index (χ4n) is 2.81. The van der Waals surface area contributed by atoms with Crippen LogP contribution in [0.5, 0.6) is 5.75 Å². The van der Waals surface area contributed by atoms with E-state index in [4.69, 9.17) is 4.42 Å². The first-order chi connectivity index (χ1) is 10.6. The summed E-state index contributed by atoms with van der Waals surface area (Å²) in [5.41, 5.74) is 1.07. The Hall–Kier alpha value is -3.08. The van der Waals surface area contributed by atoms with Crippen molar-refractivity contribution in [2.45, 2.75) is 6.04 Å². The van der Waals surface area contributed by atoms with Crippen LogP contribution in [0.1, 0.15) is 27.7 Å². The lowest BCUT2D eigenvalue weighted by atomic mass is 9.99. The third-order valence-corrected chi connectivity index (χ3v) is 3.81. The Balaban J connectivity index is 2.01. The average molecular weight is 293 g/mol. The molecule has 1 aliphatic heterocycles. The van der Waals surface area contributed by atoms with E-state index in [-0.39, 0.29) is 22.5 Å². The van der Waals surface area contributed by atoms with Gasteiger partial charge in [0.2, 0.25) is 5.76 Å². The van der Waals surface area contributed by atoms with Gasteiger partial charge in [0.1, 0.15) is 11.3 Å².